The molecule has 18 heavy (non-hydrogen) atoms. The Morgan fingerprint density at radius 3 is 2.94 bits per heavy atom. The highest BCUT2D eigenvalue weighted by atomic mass is 19.1. The normalized spacial score (nSPS) is 10.8. The molecular formula is C13H17FN4. The largest absolute Gasteiger partial charge is 0.310 e. The molecule has 0 aliphatic carbocycles. The van der Waals surface area contributed by atoms with Crippen LogP contribution in [0.1, 0.15) is 24.7 Å². The zero-order chi connectivity index (χ0) is 12.8. The van der Waals surface area contributed by atoms with Gasteiger partial charge in [0.05, 0.1) is 13.1 Å². The molecule has 0 saturated heterocycles. The summed E-state index contributed by atoms with van der Waals surface area (Å²) in [5.74, 6) is 0.526. The summed E-state index contributed by atoms with van der Waals surface area (Å²) in [4.78, 5) is 4.18. The molecule has 5 heteroatoms. The van der Waals surface area contributed by atoms with Crippen LogP contribution in [0.3, 0.4) is 0 Å². The van der Waals surface area contributed by atoms with Crippen LogP contribution in [0.2, 0.25) is 0 Å². The van der Waals surface area contributed by atoms with E-state index in [4.69, 9.17) is 0 Å². The minimum atomic E-state index is -0.210. The smallest absolute Gasteiger partial charge is 0.164 e. The monoisotopic (exact) mass is 248 g/mol. The fourth-order valence-corrected chi connectivity index (χ4v) is 1.67. The van der Waals surface area contributed by atoms with Gasteiger partial charge in [0, 0.05) is 5.56 Å². The van der Waals surface area contributed by atoms with Gasteiger partial charge < -0.3 is 5.32 Å². The van der Waals surface area contributed by atoms with E-state index in [1.165, 1.54) is 6.07 Å². The van der Waals surface area contributed by atoms with Gasteiger partial charge in [0.15, 0.2) is 5.82 Å². The number of rotatable bonds is 6. The number of aromatic nitrogens is 3. The summed E-state index contributed by atoms with van der Waals surface area (Å²) in [5, 5.41) is 7.52. The average molecular weight is 248 g/mol. The van der Waals surface area contributed by atoms with E-state index in [0.717, 1.165) is 18.8 Å². The number of nitrogens with zero attached hydrogens (tertiary/aromatic N) is 3. The molecule has 1 heterocycles. The fourth-order valence-electron chi connectivity index (χ4n) is 1.67. The van der Waals surface area contributed by atoms with Gasteiger partial charge in [-0.1, -0.05) is 25.1 Å². The maximum absolute atomic E-state index is 13.5. The van der Waals surface area contributed by atoms with Gasteiger partial charge in [-0.3, -0.25) is 0 Å². The maximum atomic E-state index is 13.5. The molecule has 0 fully saturated rings. The first-order valence-corrected chi connectivity index (χ1v) is 6.12. The Labute approximate surface area is 106 Å². The van der Waals surface area contributed by atoms with E-state index in [2.05, 4.69) is 22.3 Å². The van der Waals surface area contributed by atoms with Gasteiger partial charge in [-0.2, -0.15) is 5.10 Å². The van der Waals surface area contributed by atoms with E-state index >= 15 is 0 Å². The van der Waals surface area contributed by atoms with Crippen LogP contribution in [0.4, 0.5) is 4.39 Å². The lowest BCUT2D eigenvalue weighted by Gasteiger charge is -2.02. The molecule has 4 nitrogen and oxygen atoms in total. The molecule has 0 amide bonds. The van der Waals surface area contributed by atoms with E-state index in [1.807, 2.05) is 6.07 Å². The van der Waals surface area contributed by atoms with Gasteiger partial charge in [0.1, 0.15) is 12.1 Å². The molecule has 2 rings (SSSR count). The molecule has 0 aliphatic heterocycles. The zero-order valence-electron chi connectivity index (χ0n) is 10.4. The van der Waals surface area contributed by atoms with Crippen LogP contribution in [0, 0.1) is 5.82 Å². The molecule has 0 spiro atoms. The summed E-state index contributed by atoms with van der Waals surface area (Å²) < 4.78 is 15.1. The topological polar surface area (TPSA) is 42.7 Å². The Morgan fingerprint density at radius 2 is 2.17 bits per heavy atom. The van der Waals surface area contributed by atoms with Crippen molar-refractivity contribution in [2.24, 2.45) is 0 Å². The Balaban J connectivity index is 1.96. The van der Waals surface area contributed by atoms with Crippen LogP contribution in [0.15, 0.2) is 30.6 Å². The third kappa shape index (κ3) is 3.37. The van der Waals surface area contributed by atoms with Crippen molar-refractivity contribution in [2.45, 2.75) is 26.4 Å². The summed E-state index contributed by atoms with van der Waals surface area (Å²) >= 11 is 0. The molecular weight excluding hydrogens is 231 g/mol. The highest BCUT2D eigenvalue weighted by Gasteiger charge is 2.04. The molecule has 0 unspecified atom stereocenters. The first-order valence-electron chi connectivity index (χ1n) is 6.12. The van der Waals surface area contributed by atoms with Gasteiger partial charge >= 0.3 is 0 Å². The minimum absolute atomic E-state index is 0.210. The van der Waals surface area contributed by atoms with Crippen LogP contribution in [0.25, 0.3) is 0 Å². The summed E-state index contributed by atoms with van der Waals surface area (Å²) in [6.07, 6.45) is 2.71. The quantitative estimate of drug-likeness (QED) is 0.795. The van der Waals surface area contributed by atoms with Crippen molar-refractivity contribution < 1.29 is 4.39 Å². The molecule has 1 aromatic heterocycles. The number of hydrogen-bond acceptors (Lipinski definition) is 3. The second kappa shape index (κ2) is 6.26. The molecule has 0 atom stereocenters. The first kappa shape index (κ1) is 12.7. The van der Waals surface area contributed by atoms with Gasteiger partial charge in [-0.25, -0.2) is 14.1 Å². The molecule has 0 radical (unpaired) electrons. The SMILES string of the molecule is CCCNCc1ncn(Cc2ccccc2F)n1. The minimum Gasteiger partial charge on any atom is -0.310 e. The maximum Gasteiger partial charge on any atom is 0.164 e. The standard InChI is InChI=1S/C13H17FN4/c1-2-7-15-8-13-16-10-18(17-13)9-11-5-3-4-6-12(11)14/h3-6,10,15H,2,7-9H2,1H3. The Hall–Kier alpha value is -1.75. The lowest BCUT2D eigenvalue weighted by atomic mass is 10.2. The number of hydrogen-bond donors (Lipinski definition) is 1. The van der Waals surface area contributed by atoms with E-state index in [-0.39, 0.29) is 5.82 Å². The fraction of sp³-hybridized carbons (Fsp3) is 0.385. The van der Waals surface area contributed by atoms with Crippen molar-refractivity contribution in [1.29, 1.82) is 0 Å². The molecule has 0 aliphatic rings. The van der Waals surface area contributed by atoms with E-state index < -0.39 is 0 Å². The third-order valence-electron chi connectivity index (χ3n) is 2.58. The Kier molecular flexibility index (Phi) is 4.41. The summed E-state index contributed by atoms with van der Waals surface area (Å²) in [6, 6.07) is 6.71. The number of benzene rings is 1. The predicted molar refractivity (Wildman–Crippen MR) is 67.5 cm³/mol. The van der Waals surface area contributed by atoms with Crippen LogP contribution in [0.5, 0.6) is 0 Å². The van der Waals surface area contributed by atoms with Gasteiger partial charge in [-0.15, -0.1) is 0 Å². The van der Waals surface area contributed by atoms with Crippen LogP contribution in [-0.4, -0.2) is 21.3 Å². The van der Waals surface area contributed by atoms with Gasteiger partial charge in [-0.05, 0) is 19.0 Å². The summed E-state index contributed by atoms with van der Waals surface area (Å²) in [5.41, 5.74) is 0.621. The molecule has 0 bridgehead atoms. The first-order chi connectivity index (χ1) is 8.79. The third-order valence-corrected chi connectivity index (χ3v) is 2.58. The van der Waals surface area contributed by atoms with Crippen molar-refractivity contribution in [2.75, 3.05) is 6.54 Å². The van der Waals surface area contributed by atoms with Crippen LogP contribution < -0.4 is 5.32 Å². The van der Waals surface area contributed by atoms with Gasteiger partial charge in [0.25, 0.3) is 0 Å². The van der Waals surface area contributed by atoms with Crippen molar-refractivity contribution in [1.82, 2.24) is 20.1 Å². The predicted octanol–water partition coefficient (Wildman–Crippen LogP) is 1.97. The lowest BCUT2D eigenvalue weighted by molar-refractivity contribution is 0.578. The molecule has 2 aromatic rings. The van der Waals surface area contributed by atoms with Crippen molar-refractivity contribution in [3.8, 4) is 0 Å². The summed E-state index contributed by atoms with van der Waals surface area (Å²) in [6.45, 7) is 4.12. The van der Waals surface area contributed by atoms with E-state index in [0.29, 0.717) is 18.7 Å². The highest BCUT2D eigenvalue weighted by Crippen LogP contribution is 2.07. The second-order valence-electron chi connectivity index (χ2n) is 4.13. The highest BCUT2D eigenvalue weighted by molar-refractivity contribution is 5.17. The van der Waals surface area contributed by atoms with Crippen molar-refractivity contribution >= 4 is 0 Å². The number of nitrogens with one attached hydrogen (secondary N) is 1. The van der Waals surface area contributed by atoms with E-state index in [9.17, 15) is 4.39 Å². The summed E-state index contributed by atoms with van der Waals surface area (Å²) in [7, 11) is 0. The molecule has 96 valence electrons. The molecule has 1 N–H and O–H groups in total. The lowest BCUT2D eigenvalue weighted by Crippen LogP contribution is -2.15. The Bertz CT molecular complexity index is 495. The zero-order valence-corrected chi connectivity index (χ0v) is 10.4. The van der Waals surface area contributed by atoms with E-state index in [1.54, 1.807) is 23.1 Å². The van der Waals surface area contributed by atoms with Crippen molar-refractivity contribution in [3.05, 3.63) is 47.8 Å². The van der Waals surface area contributed by atoms with Crippen LogP contribution in [-0.2, 0) is 13.1 Å². The van der Waals surface area contributed by atoms with Gasteiger partial charge in [0.2, 0.25) is 0 Å². The van der Waals surface area contributed by atoms with Crippen LogP contribution >= 0.6 is 0 Å². The Morgan fingerprint density at radius 1 is 1.33 bits per heavy atom. The average Bonchev–Trinajstić information content (AvgIpc) is 2.80. The van der Waals surface area contributed by atoms with Crippen molar-refractivity contribution in [3.63, 3.8) is 0 Å². The number of halogens is 1. The molecule has 1 aromatic carbocycles. The molecule has 0 saturated carbocycles. The second-order valence-corrected chi connectivity index (χ2v) is 4.13.